The van der Waals surface area contributed by atoms with Gasteiger partial charge in [0.25, 0.3) is 0 Å². The number of ether oxygens (including phenoxy) is 2. The SMILES string of the molecule is C=CC1(C(=O)OC(=O)/C=C\C(=O)OC(=O)C2(C=C)CC2)CC1. The summed E-state index contributed by atoms with van der Waals surface area (Å²) < 4.78 is 9.16. The monoisotopic (exact) mass is 304 g/mol. The lowest BCUT2D eigenvalue weighted by molar-refractivity contribution is -0.162. The van der Waals surface area contributed by atoms with Gasteiger partial charge in [-0.15, -0.1) is 13.2 Å². The molecule has 0 aromatic heterocycles. The molecule has 0 N–H and O–H groups in total. The highest BCUT2D eigenvalue weighted by Gasteiger charge is 2.50. The normalized spacial score (nSPS) is 19.8. The van der Waals surface area contributed by atoms with Gasteiger partial charge in [-0.2, -0.15) is 0 Å². The molecule has 0 aromatic carbocycles. The van der Waals surface area contributed by atoms with Crippen molar-refractivity contribution in [3.05, 3.63) is 37.5 Å². The molecule has 0 aromatic rings. The number of rotatable bonds is 6. The van der Waals surface area contributed by atoms with E-state index in [1.165, 1.54) is 12.2 Å². The van der Waals surface area contributed by atoms with Crippen molar-refractivity contribution in [1.29, 1.82) is 0 Å². The van der Waals surface area contributed by atoms with Crippen molar-refractivity contribution >= 4 is 23.9 Å². The second-order valence-corrected chi connectivity index (χ2v) is 5.47. The van der Waals surface area contributed by atoms with Crippen LogP contribution in [0.25, 0.3) is 0 Å². The maximum Gasteiger partial charge on any atom is 0.338 e. The maximum atomic E-state index is 11.6. The predicted octanol–water partition coefficient (Wildman–Crippen LogP) is 1.61. The summed E-state index contributed by atoms with van der Waals surface area (Å²) in [6.45, 7) is 7.03. The quantitative estimate of drug-likeness (QED) is 0.321. The fourth-order valence-corrected chi connectivity index (χ4v) is 1.84. The largest absolute Gasteiger partial charge is 0.389 e. The first kappa shape index (κ1) is 15.9. The molecule has 0 spiro atoms. The van der Waals surface area contributed by atoms with Crippen LogP contribution in [0.4, 0.5) is 0 Å². The third-order valence-corrected chi connectivity index (χ3v) is 3.91. The molecule has 2 rings (SSSR count). The van der Waals surface area contributed by atoms with Crippen LogP contribution >= 0.6 is 0 Å². The molecular formula is C16H16O6. The molecular weight excluding hydrogens is 288 g/mol. The summed E-state index contributed by atoms with van der Waals surface area (Å²) in [7, 11) is 0. The standard InChI is InChI=1S/C16H16O6/c1-3-15(7-8-15)13(19)21-11(17)5-6-12(18)22-14(20)16(4-2)9-10-16/h3-6H,1-2,7-10H2/b6-5-. The minimum atomic E-state index is -0.993. The number of carbonyl (C=O) groups is 4. The first-order valence-corrected chi connectivity index (χ1v) is 6.85. The van der Waals surface area contributed by atoms with Gasteiger partial charge in [-0.05, 0) is 25.7 Å². The van der Waals surface area contributed by atoms with Crippen LogP contribution in [0, 0.1) is 10.8 Å². The summed E-state index contributed by atoms with van der Waals surface area (Å²) in [4.78, 5) is 46.1. The van der Waals surface area contributed by atoms with E-state index in [1.807, 2.05) is 0 Å². The van der Waals surface area contributed by atoms with Crippen molar-refractivity contribution in [2.24, 2.45) is 10.8 Å². The van der Waals surface area contributed by atoms with Crippen LogP contribution in [0.15, 0.2) is 37.5 Å². The van der Waals surface area contributed by atoms with E-state index >= 15 is 0 Å². The topological polar surface area (TPSA) is 86.7 Å². The van der Waals surface area contributed by atoms with Gasteiger partial charge < -0.3 is 9.47 Å². The second kappa shape index (κ2) is 5.71. The summed E-state index contributed by atoms with van der Waals surface area (Å²) in [5.41, 5.74) is -1.55. The van der Waals surface area contributed by atoms with E-state index in [0.29, 0.717) is 25.7 Å². The molecule has 2 aliphatic rings. The minimum absolute atomic E-state index is 0.590. The Balaban J connectivity index is 1.81. The smallest absolute Gasteiger partial charge is 0.338 e. The van der Waals surface area contributed by atoms with Crippen LogP contribution in [0.1, 0.15) is 25.7 Å². The van der Waals surface area contributed by atoms with E-state index in [-0.39, 0.29) is 0 Å². The Morgan fingerprint density at radius 3 is 1.27 bits per heavy atom. The second-order valence-electron chi connectivity index (χ2n) is 5.47. The van der Waals surface area contributed by atoms with Crippen LogP contribution in [0.2, 0.25) is 0 Å². The third kappa shape index (κ3) is 3.21. The van der Waals surface area contributed by atoms with Crippen LogP contribution in [-0.4, -0.2) is 23.9 Å². The van der Waals surface area contributed by atoms with E-state index < -0.39 is 34.7 Å². The Morgan fingerprint density at radius 1 is 0.727 bits per heavy atom. The number of carbonyl (C=O) groups excluding carboxylic acids is 4. The lowest BCUT2D eigenvalue weighted by Gasteiger charge is -2.07. The van der Waals surface area contributed by atoms with Crippen LogP contribution in [0.5, 0.6) is 0 Å². The fraction of sp³-hybridized carbons (Fsp3) is 0.375. The van der Waals surface area contributed by atoms with Gasteiger partial charge >= 0.3 is 23.9 Å². The predicted molar refractivity (Wildman–Crippen MR) is 75.1 cm³/mol. The molecule has 2 saturated carbocycles. The van der Waals surface area contributed by atoms with Crippen LogP contribution in [0.3, 0.4) is 0 Å². The summed E-state index contributed by atoms with van der Waals surface area (Å²) in [6, 6.07) is 0. The Hall–Kier alpha value is -2.50. The van der Waals surface area contributed by atoms with Crippen molar-refractivity contribution in [1.82, 2.24) is 0 Å². The van der Waals surface area contributed by atoms with Gasteiger partial charge in [0.2, 0.25) is 0 Å². The Kier molecular flexibility index (Phi) is 4.12. The van der Waals surface area contributed by atoms with Gasteiger partial charge in [0.1, 0.15) is 0 Å². The highest BCUT2D eigenvalue weighted by Crippen LogP contribution is 2.48. The molecule has 6 heteroatoms. The average molecular weight is 304 g/mol. The average Bonchev–Trinajstić information content (AvgIpc) is 3.39. The van der Waals surface area contributed by atoms with Gasteiger partial charge in [0.15, 0.2) is 0 Å². The first-order valence-electron chi connectivity index (χ1n) is 6.85. The molecule has 6 nitrogen and oxygen atoms in total. The van der Waals surface area contributed by atoms with Gasteiger partial charge in [-0.25, -0.2) is 9.59 Å². The Morgan fingerprint density at radius 2 is 1.05 bits per heavy atom. The van der Waals surface area contributed by atoms with Gasteiger partial charge in [0.05, 0.1) is 10.8 Å². The van der Waals surface area contributed by atoms with E-state index in [0.717, 1.165) is 12.2 Å². The number of hydrogen-bond acceptors (Lipinski definition) is 6. The first-order chi connectivity index (χ1) is 10.4. The Bertz CT molecular complexity index is 538. The molecule has 0 amide bonds. The van der Waals surface area contributed by atoms with Crippen molar-refractivity contribution in [3.63, 3.8) is 0 Å². The van der Waals surface area contributed by atoms with Gasteiger partial charge in [-0.1, -0.05) is 12.2 Å². The highest BCUT2D eigenvalue weighted by atomic mass is 16.6. The van der Waals surface area contributed by atoms with E-state index in [9.17, 15) is 19.2 Å². The molecule has 0 unspecified atom stereocenters. The molecule has 0 atom stereocenters. The zero-order valence-electron chi connectivity index (χ0n) is 12.0. The summed E-state index contributed by atoms with van der Waals surface area (Å²) in [5.74, 6) is -3.37. The van der Waals surface area contributed by atoms with Gasteiger partial charge in [0, 0.05) is 12.2 Å². The van der Waals surface area contributed by atoms with Crippen molar-refractivity contribution in [2.45, 2.75) is 25.7 Å². The Labute approximate surface area is 127 Å². The lowest BCUT2D eigenvalue weighted by atomic mass is 10.1. The summed E-state index contributed by atoms with van der Waals surface area (Å²) in [5, 5.41) is 0. The maximum absolute atomic E-state index is 11.6. The zero-order valence-corrected chi connectivity index (χ0v) is 12.0. The molecule has 0 heterocycles. The van der Waals surface area contributed by atoms with Crippen molar-refractivity contribution in [3.8, 4) is 0 Å². The minimum Gasteiger partial charge on any atom is -0.389 e. The molecule has 22 heavy (non-hydrogen) atoms. The highest BCUT2D eigenvalue weighted by molar-refractivity contribution is 6.01. The molecule has 2 aliphatic carbocycles. The number of esters is 4. The molecule has 0 aliphatic heterocycles. The summed E-state index contributed by atoms with van der Waals surface area (Å²) >= 11 is 0. The van der Waals surface area contributed by atoms with E-state index in [1.54, 1.807) is 0 Å². The molecule has 2 fully saturated rings. The fourth-order valence-electron chi connectivity index (χ4n) is 1.84. The van der Waals surface area contributed by atoms with E-state index in [4.69, 9.17) is 0 Å². The van der Waals surface area contributed by atoms with Crippen LogP contribution < -0.4 is 0 Å². The zero-order chi connectivity index (χ0) is 16.4. The number of hydrogen-bond donors (Lipinski definition) is 0. The molecule has 0 bridgehead atoms. The third-order valence-electron chi connectivity index (χ3n) is 3.91. The van der Waals surface area contributed by atoms with Gasteiger partial charge in [-0.3, -0.25) is 9.59 Å². The lowest BCUT2D eigenvalue weighted by Crippen LogP contribution is -2.21. The summed E-state index contributed by atoms with van der Waals surface area (Å²) in [6.07, 6.45) is 6.76. The molecule has 0 radical (unpaired) electrons. The van der Waals surface area contributed by atoms with Crippen molar-refractivity contribution < 1.29 is 28.7 Å². The van der Waals surface area contributed by atoms with Crippen molar-refractivity contribution in [2.75, 3.05) is 0 Å². The molecule has 0 saturated heterocycles. The molecule has 116 valence electrons. The van der Waals surface area contributed by atoms with Crippen LogP contribution in [-0.2, 0) is 28.7 Å². The van der Waals surface area contributed by atoms with E-state index in [2.05, 4.69) is 22.6 Å².